The van der Waals surface area contributed by atoms with Gasteiger partial charge < -0.3 is 5.11 Å². The van der Waals surface area contributed by atoms with Crippen LogP contribution in [0.4, 0.5) is 0 Å². The summed E-state index contributed by atoms with van der Waals surface area (Å²) in [6.45, 7) is 6.87. The summed E-state index contributed by atoms with van der Waals surface area (Å²) < 4.78 is 0. The van der Waals surface area contributed by atoms with Crippen molar-refractivity contribution in [1.82, 2.24) is 0 Å². The van der Waals surface area contributed by atoms with E-state index in [-0.39, 0.29) is 6.10 Å². The molecule has 1 saturated carbocycles. The van der Waals surface area contributed by atoms with Gasteiger partial charge in [-0.3, -0.25) is 0 Å². The van der Waals surface area contributed by atoms with Gasteiger partial charge in [0.25, 0.3) is 0 Å². The van der Waals surface area contributed by atoms with Gasteiger partial charge in [0, 0.05) is 0 Å². The van der Waals surface area contributed by atoms with Gasteiger partial charge in [0.15, 0.2) is 0 Å². The summed E-state index contributed by atoms with van der Waals surface area (Å²) in [5.74, 6) is 4.53. The predicted molar refractivity (Wildman–Crippen MR) is 69.3 cm³/mol. The number of hydrogen-bond donors (Lipinski definition) is 1. The van der Waals surface area contributed by atoms with Crippen LogP contribution in [-0.4, -0.2) is 22.7 Å². The molecule has 1 nitrogen and oxygen atoms in total. The highest BCUT2D eigenvalue weighted by atomic mass is 32.2. The quantitative estimate of drug-likeness (QED) is 0.729. The van der Waals surface area contributed by atoms with Crippen molar-refractivity contribution >= 4 is 11.8 Å². The van der Waals surface area contributed by atoms with Crippen LogP contribution in [0, 0.1) is 17.8 Å². The first-order valence-corrected chi connectivity index (χ1v) is 7.56. The Morgan fingerprint density at radius 2 is 2.00 bits per heavy atom. The monoisotopic (exact) mass is 230 g/mol. The normalized spacial score (nSPS) is 34.0. The molecule has 4 unspecified atom stereocenters. The van der Waals surface area contributed by atoms with Crippen molar-refractivity contribution in [2.45, 2.75) is 52.6 Å². The first kappa shape index (κ1) is 13.4. The van der Waals surface area contributed by atoms with E-state index in [1.165, 1.54) is 25.0 Å². The van der Waals surface area contributed by atoms with Gasteiger partial charge in [-0.05, 0) is 48.5 Å². The van der Waals surface area contributed by atoms with Crippen molar-refractivity contribution in [1.29, 1.82) is 0 Å². The van der Waals surface area contributed by atoms with E-state index in [4.69, 9.17) is 0 Å². The lowest BCUT2D eigenvalue weighted by Gasteiger charge is -2.34. The minimum absolute atomic E-state index is 0.0426. The van der Waals surface area contributed by atoms with Crippen LogP contribution in [0.15, 0.2) is 0 Å². The summed E-state index contributed by atoms with van der Waals surface area (Å²) in [6, 6.07) is 0. The fourth-order valence-corrected chi connectivity index (χ4v) is 3.22. The molecule has 1 fully saturated rings. The van der Waals surface area contributed by atoms with Crippen molar-refractivity contribution in [3.05, 3.63) is 0 Å². The van der Waals surface area contributed by atoms with Gasteiger partial charge in [0.1, 0.15) is 0 Å². The van der Waals surface area contributed by atoms with Gasteiger partial charge in [0.05, 0.1) is 6.10 Å². The van der Waals surface area contributed by atoms with E-state index < -0.39 is 0 Å². The molecule has 0 aromatic carbocycles. The van der Waals surface area contributed by atoms with Gasteiger partial charge in [0.2, 0.25) is 0 Å². The molecular formula is C13H26OS. The molecule has 2 heteroatoms. The Morgan fingerprint density at radius 3 is 2.60 bits per heavy atom. The Labute approximate surface area is 99.0 Å². The maximum atomic E-state index is 10.1. The van der Waals surface area contributed by atoms with Crippen LogP contribution in [0.2, 0.25) is 0 Å². The molecule has 0 saturated heterocycles. The van der Waals surface area contributed by atoms with E-state index in [1.807, 2.05) is 11.8 Å². The smallest absolute Gasteiger partial charge is 0.0576 e. The highest BCUT2D eigenvalue weighted by Gasteiger charge is 2.28. The maximum Gasteiger partial charge on any atom is 0.0576 e. The minimum Gasteiger partial charge on any atom is -0.393 e. The summed E-state index contributed by atoms with van der Waals surface area (Å²) in [4.78, 5) is 0. The highest BCUT2D eigenvalue weighted by Crippen LogP contribution is 2.35. The Balaban J connectivity index is 2.24. The Hall–Kier alpha value is 0.310. The highest BCUT2D eigenvalue weighted by molar-refractivity contribution is 7.99. The zero-order chi connectivity index (χ0) is 11.3. The fourth-order valence-electron chi connectivity index (χ4n) is 2.52. The van der Waals surface area contributed by atoms with Crippen molar-refractivity contribution < 1.29 is 5.11 Å². The molecule has 15 heavy (non-hydrogen) atoms. The molecule has 1 aliphatic rings. The van der Waals surface area contributed by atoms with E-state index in [1.54, 1.807) is 0 Å². The molecule has 0 heterocycles. The van der Waals surface area contributed by atoms with Crippen molar-refractivity contribution in [2.24, 2.45) is 17.8 Å². The second-order valence-electron chi connectivity index (χ2n) is 5.08. The van der Waals surface area contributed by atoms with Crippen LogP contribution in [0.25, 0.3) is 0 Å². The molecule has 1 aliphatic carbocycles. The third-order valence-electron chi connectivity index (χ3n) is 3.94. The molecule has 0 aliphatic heterocycles. The lowest BCUT2D eigenvalue weighted by atomic mass is 9.73. The second kappa shape index (κ2) is 6.80. The van der Waals surface area contributed by atoms with Crippen LogP contribution in [-0.2, 0) is 0 Å². The molecule has 0 bridgehead atoms. The summed E-state index contributed by atoms with van der Waals surface area (Å²) in [6.07, 6.45) is 4.73. The number of thioether (sulfide) groups is 1. The topological polar surface area (TPSA) is 20.2 Å². The number of rotatable bonds is 5. The lowest BCUT2D eigenvalue weighted by molar-refractivity contribution is 0.0550. The van der Waals surface area contributed by atoms with Crippen molar-refractivity contribution in [3.63, 3.8) is 0 Å². The molecule has 4 atom stereocenters. The summed E-state index contributed by atoms with van der Waals surface area (Å²) in [7, 11) is 0. The Bertz CT molecular complexity index is 172. The lowest BCUT2D eigenvalue weighted by Crippen LogP contribution is -2.29. The second-order valence-corrected chi connectivity index (χ2v) is 6.47. The average Bonchev–Trinajstić information content (AvgIpc) is 2.22. The van der Waals surface area contributed by atoms with Crippen LogP contribution in [0.3, 0.4) is 0 Å². The van der Waals surface area contributed by atoms with Crippen LogP contribution >= 0.6 is 11.8 Å². The zero-order valence-electron chi connectivity index (χ0n) is 10.4. The largest absolute Gasteiger partial charge is 0.393 e. The van der Waals surface area contributed by atoms with E-state index in [2.05, 4.69) is 20.8 Å². The van der Waals surface area contributed by atoms with E-state index in [0.29, 0.717) is 5.92 Å². The Morgan fingerprint density at radius 1 is 1.27 bits per heavy atom. The van der Waals surface area contributed by atoms with Crippen molar-refractivity contribution in [2.75, 3.05) is 11.5 Å². The first-order valence-electron chi connectivity index (χ1n) is 6.41. The van der Waals surface area contributed by atoms with E-state index in [9.17, 15) is 5.11 Å². The predicted octanol–water partition coefficient (Wildman–Crippen LogP) is 3.56. The SMILES string of the molecule is CCSCCC(O)C1CCC(C)C(C)C1. The molecule has 0 aromatic rings. The molecule has 0 radical (unpaired) electrons. The van der Waals surface area contributed by atoms with Crippen LogP contribution in [0.5, 0.6) is 0 Å². The van der Waals surface area contributed by atoms with Crippen LogP contribution < -0.4 is 0 Å². The number of aliphatic hydroxyl groups is 1. The first-order chi connectivity index (χ1) is 7.15. The van der Waals surface area contributed by atoms with Gasteiger partial charge in [-0.1, -0.05) is 27.2 Å². The minimum atomic E-state index is -0.0426. The maximum absolute atomic E-state index is 10.1. The number of hydrogen-bond acceptors (Lipinski definition) is 2. The fraction of sp³-hybridized carbons (Fsp3) is 1.00. The van der Waals surface area contributed by atoms with Crippen LogP contribution in [0.1, 0.15) is 46.5 Å². The summed E-state index contributed by atoms with van der Waals surface area (Å²) >= 11 is 1.94. The van der Waals surface area contributed by atoms with E-state index in [0.717, 1.165) is 24.0 Å². The van der Waals surface area contributed by atoms with Crippen molar-refractivity contribution in [3.8, 4) is 0 Å². The molecule has 0 aromatic heterocycles. The van der Waals surface area contributed by atoms with Gasteiger partial charge in [-0.2, -0.15) is 11.8 Å². The molecule has 1 N–H and O–H groups in total. The van der Waals surface area contributed by atoms with E-state index >= 15 is 0 Å². The third-order valence-corrected chi connectivity index (χ3v) is 4.88. The molecule has 0 amide bonds. The molecule has 90 valence electrons. The standard InChI is InChI=1S/C13H26OS/c1-4-15-8-7-13(14)12-6-5-10(2)11(3)9-12/h10-14H,4-9H2,1-3H3. The summed E-state index contributed by atoms with van der Waals surface area (Å²) in [5.41, 5.74) is 0. The Kier molecular flexibility index (Phi) is 6.06. The third kappa shape index (κ3) is 4.36. The van der Waals surface area contributed by atoms with Gasteiger partial charge in [-0.15, -0.1) is 0 Å². The summed E-state index contributed by atoms with van der Waals surface area (Å²) in [5, 5.41) is 10.1. The molecule has 0 spiro atoms. The number of aliphatic hydroxyl groups excluding tert-OH is 1. The van der Waals surface area contributed by atoms with Gasteiger partial charge >= 0.3 is 0 Å². The molecular weight excluding hydrogens is 204 g/mol. The zero-order valence-corrected chi connectivity index (χ0v) is 11.2. The van der Waals surface area contributed by atoms with Gasteiger partial charge in [-0.25, -0.2) is 0 Å². The molecule has 1 rings (SSSR count). The average molecular weight is 230 g/mol.